The molecule has 0 amide bonds. The lowest BCUT2D eigenvalue weighted by Crippen LogP contribution is -2.23. The maximum Gasteiger partial charge on any atom is 0.156 e. The van der Waals surface area contributed by atoms with E-state index in [1.807, 2.05) is 13.0 Å². The molecule has 1 aliphatic carbocycles. The molecule has 2 atom stereocenters. The zero-order chi connectivity index (χ0) is 15.1. The van der Waals surface area contributed by atoms with E-state index in [1.54, 1.807) is 0 Å². The molecular weight excluding hydrogens is 262 g/mol. The molecular formula is C17H29N3O. The lowest BCUT2D eigenvalue weighted by atomic mass is 9.85. The highest BCUT2D eigenvalue weighted by molar-refractivity contribution is 5.35. The smallest absolute Gasteiger partial charge is 0.156 e. The molecule has 1 aromatic heterocycles. The third-order valence-corrected chi connectivity index (χ3v) is 4.22. The van der Waals surface area contributed by atoms with Crippen molar-refractivity contribution in [3.05, 3.63) is 17.6 Å². The fourth-order valence-electron chi connectivity index (χ4n) is 2.99. The molecule has 2 unspecified atom stereocenters. The summed E-state index contributed by atoms with van der Waals surface area (Å²) in [7, 11) is 0. The zero-order valence-corrected chi connectivity index (χ0v) is 13.7. The lowest BCUT2D eigenvalue weighted by Gasteiger charge is -2.28. The van der Waals surface area contributed by atoms with Crippen molar-refractivity contribution in [2.75, 3.05) is 11.9 Å². The van der Waals surface area contributed by atoms with Gasteiger partial charge in [-0.15, -0.1) is 0 Å². The van der Waals surface area contributed by atoms with Gasteiger partial charge in [-0.2, -0.15) is 0 Å². The molecule has 1 saturated carbocycles. The number of anilines is 1. The Balaban J connectivity index is 1.88. The van der Waals surface area contributed by atoms with Crippen molar-refractivity contribution in [1.29, 1.82) is 0 Å². The quantitative estimate of drug-likeness (QED) is 0.822. The summed E-state index contributed by atoms with van der Waals surface area (Å²) in [6, 6.07) is 1.99. The molecule has 1 N–H and O–H groups in total. The molecule has 1 aliphatic rings. The summed E-state index contributed by atoms with van der Waals surface area (Å²) in [5, 5.41) is 3.32. The molecule has 0 radical (unpaired) electrons. The van der Waals surface area contributed by atoms with Crippen LogP contribution in [0.4, 0.5) is 5.82 Å². The number of hydrogen-bond acceptors (Lipinski definition) is 4. The van der Waals surface area contributed by atoms with Crippen LogP contribution in [0.1, 0.15) is 63.9 Å². The summed E-state index contributed by atoms with van der Waals surface area (Å²) in [4.78, 5) is 9.04. The highest BCUT2D eigenvalue weighted by Crippen LogP contribution is 2.28. The van der Waals surface area contributed by atoms with Gasteiger partial charge in [-0.05, 0) is 32.1 Å². The van der Waals surface area contributed by atoms with Crippen molar-refractivity contribution in [3.8, 4) is 0 Å². The van der Waals surface area contributed by atoms with Crippen molar-refractivity contribution in [2.45, 2.75) is 72.0 Å². The van der Waals surface area contributed by atoms with Crippen LogP contribution in [0.5, 0.6) is 0 Å². The monoisotopic (exact) mass is 291 g/mol. The van der Waals surface area contributed by atoms with E-state index in [0.29, 0.717) is 12.7 Å². The van der Waals surface area contributed by atoms with Crippen molar-refractivity contribution in [3.63, 3.8) is 0 Å². The van der Waals surface area contributed by atoms with E-state index in [1.165, 1.54) is 32.1 Å². The first-order chi connectivity index (χ1) is 10.2. The minimum Gasteiger partial charge on any atom is -0.370 e. The minimum atomic E-state index is 0.389. The number of nitrogens with zero attached hydrogens (tertiary/aromatic N) is 2. The van der Waals surface area contributed by atoms with Crippen LogP contribution >= 0.6 is 0 Å². The van der Waals surface area contributed by atoms with Crippen LogP contribution in [0.3, 0.4) is 0 Å². The van der Waals surface area contributed by atoms with Crippen molar-refractivity contribution >= 4 is 5.82 Å². The molecule has 0 aliphatic heterocycles. The van der Waals surface area contributed by atoms with Gasteiger partial charge >= 0.3 is 0 Å². The second kappa shape index (κ2) is 8.32. The van der Waals surface area contributed by atoms with E-state index >= 15 is 0 Å². The zero-order valence-electron chi connectivity index (χ0n) is 13.7. The molecule has 0 saturated heterocycles. The van der Waals surface area contributed by atoms with Crippen LogP contribution in [-0.4, -0.2) is 22.6 Å². The molecule has 4 nitrogen and oxygen atoms in total. The van der Waals surface area contributed by atoms with Gasteiger partial charge in [-0.1, -0.05) is 33.1 Å². The number of hydrogen-bond donors (Lipinski definition) is 1. The SMILES string of the molecule is CCCNc1cc(C)nc(COC2CCCC(CC)C2)n1. The summed E-state index contributed by atoms with van der Waals surface area (Å²) in [5.41, 5.74) is 0.997. The van der Waals surface area contributed by atoms with Gasteiger partial charge in [0.25, 0.3) is 0 Å². The fraction of sp³-hybridized carbons (Fsp3) is 0.765. The summed E-state index contributed by atoms with van der Waals surface area (Å²) in [5.74, 6) is 2.55. The van der Waals surface area contributed by atoms with Crippen LogP contribution in [0.25, 0.3) is 0 Å². The van der Waals surface area contributed by atoms with Gasteiger partial charge < -0.3 is 10.1 Å². The Hall–Kier alpha value is -1.16. The molecule has 1 heterocycles. The van der Waals surface area contributed by atoms with Crippen molar-refractivity contribution in [2.24, 2.45) is 5.92 Å². The average Bonchev–Trinajstić information content (AvgIpc) is 2.50. The van der Waals surface area contributed by atoms with Crippen LogP contribution in [0.15, 0.2) is 6.07 Å². The van der Waals surface area contributed by atoms with Crippen molar-refractivity contribution < 1.29 is 4.74 Å². The molecule has 118 valence electrons. The molecule has 1 aromatic rings. The van der Waals surface area contributed by atoms with Crippen LogP contribution in [-0.2, 0) is 11.3 Å². The van der Waals surface area contributed by atoms with Gasteiger partial charge in [-0.3, -0.25) is 0 Å². The third kappa shape index (κ3) is 5.27. The molecule has 0 aromatic carbocycles. The average molecular weight is 291 g/mol. The topological polar surface area (TPSA) is 47.0 Å². The Morgan fingerprint density at radius 1 is 1.29 bits per heavy atom. The first kappa shape index (κ1) is 16.2. The number of ether oxygens (including phenoxy) is 1. The molecule has 4 heteroatoms. The summed E-state index contributed by atoms with van der Waals surface area (Å²) >= 11 is 0. The summed E-state index contributed by atoms with van der Waals surface area (Å²) in [6.07, 6.45) is 7.79. The van der Waals surface area contributed by atoms with Crippen molar-refractivity contribution in [1.82, 2.24) is 9.97 Å². The van der Waals surface area contributed by atoms with Crippen LogP contribution < -0.4 is 5.32 Å². The van der Waals surface area contributed by atoms with E-state index in [2.05, 4.69) is 29.1 Å². The number of aryl methyl sites for hydroxylation is 1. The second-order valence-corrected chi connectivity index (χ2v) is 6.11. The van der Waals surface area contributed by atoms with Gasteiger partial charge in [0.1, 0.15) is 12.4 Å². The Morgan fingerprint density at radius 3 is 2.90 bits per heavy atom. The van der Waals surface area contributed by atoms with E-state index < -0.39 is 0 Å². The molecule has 21 heavy (non-hydrogen) atoms. The van der Waals surface area contributed by atoms with E-state index in [9.17, 15) is 0 Å². The van der Waals surface area contributed by atoms with Gasteiger partial charge in [-0.25, -0.2) is 9.97 Å². The van der Waals surface area contributed by atoms with Gasteiger partial charge in [0, 0.05) is 18.3 Å². The van der Waals surface area contributed by atoms with Crippen LogP contribution in [0, 0.1) is 12.8 Å². The fourth-order valence-corrected chi connectivity index (χ4v) is 2.99. The number of nitrogens with one attached hydrogen (secondary N) is 1. The van der Waals surface area contributed by atoms with E-state index in [4.69, 9.17) is 4.74 Å². The molecule has 0 spiro atoms. The Kier molecular flexibility index (Phi) is 6.43. The third-order valence-electron chi connectivity index (χ3n) is 4.22. The predicted octanol–water partition coefficient (Wildman–Crippen LogP) is 4.09. The highest BCUT2D eigenvalue weighted by atomic mass is 16.5. The predicted molar refractivity (Wildman–Crippen MR) is 86.4 cm³/mol. The Labute approximate surface area is 128 Å². The summed E-state index contributed by atoms with van der Waals surface area (Å²) in [6.45, 7) is 7.91. The maximum absolute atomic E-state index is 6.06. The van der Waals surface area contributed by atoms with Crippen LogP contribution in [0.2, 0.25) is 0 Å². The second-order valence-electron chi connectivity index (χ2n) is 6.11. The van der Waals surface area contributed by atoms with Gasteiger partial charge in [0.05, 0.1) is 6.10 Å². The number of aromatic nitrogens is 2. The van der Waals surface area contributed by atoms with Gasteiger partial charge in [0.2, 0.25) is 0 Å². The van der Waals surface area contributed by atoms with E-state index in [-0.39, 0.29) is 0 Å². The first-order valence-electron chi connectivity index (χ1n) is 8.41. The van der Waals surface area contributed by atoms with Gasteiger partial charge in [0.15, 0.2) is 5.82 Å². The Bertz CT molecular complexity index is 436. The summed E-state index contributed by atoms with van der Waals surface area (Å²) < 4.78 is 6.06. The number of rotatable bonds is 7. The first-order valence-corrected chi connectivity index (χ1v) is 8.41. The van der Waals surface area contributed by atoms with E-state index in [0.717, 1.165) is 36.2 Å². The normalized spacial score (nSPS) is 22.2. The molecule has 2 rings (SSSR count). The largest absolute Gasteiger partial charge is 0.370 e. The lowest BCUT2D eigenvalue weighted by molar-refractivity contribution is -0.00121. The minimum absolute atomic E-state index is 0.389. The molecule has 0 bridgehead atoms. The standard InChI is InChI=1S/C17H29N3O/c1-4-9-18-16-10-13(3)19-17(20-16)12-21-15-8-6-7-14(5-2)11-15/h10,14-15H,4-9,11-12H2,1-3H3,(H,18,19,20). The highest BCUT2D eigenvalue weighted by Gasteiger charge is 2.21. The Morgan fingerprint density at radius 2 is 2.14 bits per heavy atom. The maximum atomic E-state index is 6.06. The molecule has 1 fully saturated rings.